The second kappa shape index (κ2) is 6.52. The van der Waals surface area contributed by atoms with Crippen LogP contribution >= 0.6 is 0 Å². The third kappa shape index (κ3) is 3.22. The van der Waals surface area contributed by atoms with Gasteiger partial charge in [0, 0.05) is 0 Å². The lowest BCUT2D eigenvalue weighted by atomic mass is 9.98. The predicted octanol–water partition coefficient (Wildman–Crippen LogP) is 4.94. The van der Waals surface area contributed by atoms with E-state index in [0.717, 1.165) is 11.1 Å². The van der Waals surface area contributed by atoms with E-state index in [0.29, 0.717) is 17.1 Å². The Labute approximate surface area is 131 Å². The highest BCUT2D eigenvalue weighted by Gasteiger charge is 2.21. The molecule has 0 saturated carbocycles. The van der Waals surface area contributed by atoms with Gasteiger partial charge in [-0.3, -0.25) is 0 Å². The van der Waals surface area contributed by atoms with E-state index < -0.39 is 6.09 Å². The van der Waals surface area contributed by atoms with Crippen LogP contribution in [-0.4, -0.2) is 18.3 Å². The molecule has 1 N–H and O–H groups in total. The Bertz CT molecular complexity index is 663. The normalized spacial score (nSPS) is 10.6. The van der Waals surface area contributed by atoms with Gasteiger partial charge in [0.05, 0.1) is 18.5 Å². The molecule has 4 nitrogen and oxygen atoms in total. The quantitative estimate of drug-likeness (QED) is 0.869. The molecule has 0 unspecified atom stereocenters. The fourth-order valence-corrected chi connectivity index (χ4v) is 2.42. The van der Waals surface area contributed by atoms with Crippen LogP contribution in [0.5, 0.6) is 5.75 Å². The molecule has 1 amide bonds. The highest BCUT2D eigenvalue weighted by atomic mass is 16.5. The standard InChI is InChI=1S/C18H21NO3/c1-12(2)16-10-5-13(3)11-17(16)19(18(20)21)14-6-8-15(22-4)9-7-14/h5-12H,1-4H3,(H,20,21). The first-order valence-corrected chi connectivity index (χ1v) is 7.21. The summed E-state index contributed by atoms with van der Waals surface area (Å²) in [5, 5.41) is 9.70. The van der Waals surface area contributed by atoms with E-state index in [1.165, 1.54) is 4.90 Å². The van der Waals surface area contributed by atoms with Crippen LogP contribution < -0.4 is 9.64 Å². The maximum Gasteiger partial charge on any atom is 0.416 e. The van der Waals surface area contributed by atoms with Gasteiger partial charge in [-0.1, -0.05) is 26.0 Å². The summed E-state index contributed by atoms with van der Waals surface area (Å²) in [6.45, 7) is 6.08. The topological polar surface area (TPSA) is 49.8 Å². The molecule has 0 atom stereocenters. The third-order valence-corrected chi connectivity index (χ3v) is 3.57. The van der Waals surface area contributed by atoms with Gasteiger partial charge in [-0.15, -0.1) is 0 Å². The number of anilines is 2. The molecule has 0 heterocycles. The van der Waals surface area contributed by atoms with Crippen molar-refractivity contribution in [2.24, 2.45) is 0 Å². The van der Waals surface area contributed by atoms with Gasteiger partial charge in [0.15, 0.2) is 0 Å². The number of aryl methyl sites for hydroxylation is 1. The van der Waals surface area contributed by atoms with Crippen LogP contribution in [0.15, 0.2) is 42.5 Å². The molecule has 2 aromatic carbocycles. The number of carboxylic acid groups (broad SMARTS) is 1. The summed E-state index contributed by atoms with van der Waals surface area (Å²) < 4.78 is 5.13. The summed E-state index contributed by atoms with van der Waals surface area (Å²) >= 11 is 0. The van der Waals surface area contributed by atoms with Crippen molar-refractivity contribution >= 4 is 17.5 Å². The molecule has 0 spiro atoms. The molecule has 0 bridgehead atoms. The Hall–Kier alpha value is -2.49. The molecule has 0 aliphatic heterocycles. The lowest BCUT2D eigenvalue weighted by molar-refractivity contribution is 0.204. The van der Waals surface area contributed by atoms with Crippen LogP contribution in [0.4, 0.5) is 16.2 Å². The molecule has 0 radical (unpaired) electrons. The Morgan fingerprint density at radius 1 is 1.14 bits per heavy atom. The van der Waals surface area contributed by atoms with Gasteiger partial charge in [0.25, 0.3) is 0 Å². The number of ether oxygens (including phenoxy) is 1. The lowest BCUT2D eigenvalue weighted by Crippen LogP contribution is -2.25. The number of hydrogen-bond acceptors (Lipinski definition) is 2. The molecule has 22 heavy (non-hydrogen) atoms. The Morgan fingerprint density at radius 2 is 1.77 bits per heavy atom. The van der Waals surface area contributed by atoms with E-state index in [9.17, 15) is 9.90 Å². The van der Waals surface area contributed by atoms with Crippen molar-refractivity contribution < 1.29 is 14.6 Å². The highest BCUT2D eigenvalue weighted by molar-refractivity contribution is 5.96. The van der Waals surface area contributed by atoms with Crippen molar-refractivity contribution in [3.05, 3.63) is 53.6 Å². The molecule has 0 aliphatic carbocycles. The van der Waals surface area contributed by atoms with Gasteiger partial charge in [0.2, 0.25) is 0 Å². The van der Waals surface area contributed by atoms with Crippen LogP contribution in [0.3, 0.4) is 0 Å². The summed E-state index contributed by atoms with van der Waals surface area (Å²) in [6.07, 6.45) is -1.00. The molecule has 2 aromatic rings. The van der Waals surface area contributed by atoms with Crippen molar-refractivity contribution in [3.63, 3.8) is 0 Å². The van der Waals surface area contributed by atoms with Crippen molar-refractivity contribution in [2.45, 2.75) is 26.7 Å². The molecular weight excluding hydrogens is 278 g/mol. The van der Waals surface area contributed by atoms with Gasteiger partial charge in [-0.25, -0.2) is 9.69 Å². The molecule has 2 rings (SSSR count). The first-order chi connectivity index (χ1) is 10.4. The summed E-state index contributed by atoms with van der Waals surface area (Å²) in [6, 6.07) is 12.9. The van der Waals surface area contributed by atoms with Gasteiger partial charge < -0.3 is 9.84 Å². The van der Waals surface area contributed by atoms with E-state index in [1.54, 1.807) is 31.4 Å². The predicted molar refractivity (Wildman–Crippen MR) is 88.4 cm³/mol. The maximum absolute atomic E-state index is 11.8. The average Bonchev–Trinajstić information content (AvgIpc) is 2.47. The third-order valence-electron chi connectivity index (χ3n) is 3.57. The van der Waals surface area contributed by atoms with Gasteiger partial charge >= 0.3 is 6.09 Å². The van der Waals surface area contributed by atoms with Crippen LogP contribution in [0.2, 0.25) is 0 Å². The van der Waals surface area contributed by atoms with Crippen molar-refractivity contribution in [2.75, 3.05) is 12.0 Å². The summed E-state index contributed by atoms with van der Waals surface area (Å²) in [5.74, 6) is 0.929. The van der Waals surface area contributed by atoms with E-state index in [-0.39, 0.29) is 5.92 Å². The molecule has 0 saturated heterocycles. The van der Waals surface area contributed by atoms with Crippen molar-refractivity contribution in [1.82, 2.24) is 0 Å². The van der Waals surface area contributed by atoms with Crippen LogP contribution in [0, 0.1) is 6.92 Å². The minimum atomic E-state index is -1.00. The maximum atomic E-state index is 11.8. The number of amides is 1. The molecule has 0 aromatic heterocycles. The summed E-state index contributed by atoms with van der Waals surface area (Å²) in [7, 11) is 1.58. The van der Waals surface area contributed by atoms with E-state index >= 15 is 0 Å². The minimum Gasteiger partial charge on any atom is -0.497 e. The van der Waals surface area contributed by atoms with Crippen LogP contribution in [-0.2, 0) is 0 Å². The van der Waals surface area contributed by atoms with Crippen LogP contribution in [0.1, 0.15) is 30.9 Å². The van der Waals surface area contributed by atoms with E-state index in [2.05, 4.69) is 13.8 Å². The van der Waals surface area contributed by atoms with E-state index in [1.807, 2.05) is 25.1 Å². The second-order valence-electron chi connectivity index (χ2n) is 5.53. The Morgan fingerprint density at radius 3 is 2.27 bits per heavy atom. The van der Waals surface area contributed by atoms with Gasteiger partial charge in [-0.2, -0.15) is 0 Å². The fourth-order valence-electron chi connectivity index (χ4n) is 2.42. The zero-order valence-electron chi connectivity index (χ0n) is 13.3. The largest absolute Gasteiger partial charge is 0.497 e. The summed E-state index contributed by atoms with van der Waals surface area (Å²) in [4.78, 5) is 13.2. The van der Waals surface area contributed by atoms with Crippen molar-refractivity contribution in [1.29, 1.82) is 0 Å². The summed E-state index contributed by atoms with van der Waals surface area (Å²) in [5.41, 5.74) is 3.33. The minimum absolute atomic E-state index is 0.232. The molecular formula is C18H21NO3. The number of rotatable bonds is 4. The first-order valence-electron chi connectivity index (χ1n) is 7.21. The van der Waals surface area contributed by atoms with Crippen LogP contribution in [0.25, 0.3) is 0 Å². The number of nitrogens with zero attached hydrogens (tertiary/aromatic N) is 1. The molecule has 0 fully saturated rings. The molecule has 0 aliphatic rings. The Balaban J connectivity index is 2.56. The van der Waals surface area contributed by atoms with Crippen molar-refractivity contribution in [3.8, 4) is 5.75 Å². The smallest absolute Gasteiger partial charge is 0.416 e. The number of hydrogen-bond donors (Lipinski definition) is 1. The monoisotopic (exact) mass is 299 g/mol. The average molecular weight is 299 g/mol. The zero-order valence-corrected chi connectivity index (χ0v) is 13.3. The van der Waals surface area contributed by atoms with Gasteiger partial charge in [0.1, 0.15) is 5.75 Å². The zero-order chi connectivity index (χ0) is 16.3. The lowest BCUT2D eigenvalue weighted by Gasteiger charge is -2.24. The SMILES string of the molecule is COc1ccc(N(C(=O)O)c2cc(C)ccc2C(C)C)cc1. The highest BCUT2D eigenvalue weighted by Crippen LogP contribution is 2.34. The second-order valence-corrected chi connectivity index (χ2v) is 5.53. The number of methoxy groups -OCH3 is 1. The Kier molecular flexibility index (Phi) is 4.71. The number of carbonyl (C=O) groups is 1. The fraction of sp³-hybridized carbons (Fsp3) is 0.278. The van der Waals surface area contributed by atoms with Gasteiger partial charge in [-0.05, 0) is 54.3 Å². The first kappa shape index (κ1) is 15.9. The molecule has 116 valence electrons. The van der Waals surface area contributed by atoms with E-state index in [4.69, 9.17) is 4.74 Å². The number of benzene rings is 2. The molecule has 4 heteroatoms.